The van der Waals surface area contributed by atoms with Crippen molar-refractivity contribution < 1.29 is 4.74 Å². The van der Waals surface area contributed by atoms with E-state index >= 15 is 0 Å². The highest BCUT2D eigenvalue weighted by Gasteiger charge is 2.34. The third kappa shape index (κ3) is 2.71. The number of anilines is 1. The van der Waals surface area contributed by atoms with Crippen LogP contribution >= 0.6 is 0 Å². The van der Waals surface area contributed by atoms with Gasteiger partial charge in [-0.15, -0.1) is 0 Å². The van der Waals surface area contributed by atoms with Crippen LogP contribution < -0.4 is 10.1 Å². The molecule has 1 aliphatic rings. The van der Waals surface area contributed by atoms with Gasteiger partial charge in [-0.3, -0.25) is 0 Å². The summed E-state index contributed by atoms with van der Waals surface area (Å²) in [5.74, 6) is 0.849. The first-order chi connectivity index (χ1) is 10.2. The fraction of sp³-hybridized carbons (Fsp3) is 0.278. The Kier molecular flexibility index (Phi) is 3.53. The number of rotatable bonds is 3. The standard InChI is InChI=1S/C18H18N2O/c1-21-17-8-7-14-9-10-18(13-19,12-15(14)11-17)20-16-5-3-2-4-6-16/h2-8,11,20H,9-10,12H2,1H3. The monoisotopic (exact) mass is 278 g/mol. The quantitative estimate of drug-likeness (QED) is 0.933. The summed E-state index contributed by atoms with van der Waals surface area (Å²) in [5.41, 5.74) is 2.97. The number of nitrogens with one attached hydrogen (secondary N) is 1. The summed E-state index contributed by atoms with van der Waals surface area (Å²) < 4.78 is 5.30. The number of para-hydroxylation sites is 1. The molecule has 1 atom stereocenters. The van der Waals surface area contributed by atoms with E-state index in [4.69, 9.17) is 4.74 Å². The molecule has 1 N–H and O–H groups in total. The molecule has 1 unspecified atom stereocenters. The molecule has 3 heteroatoms. The van der Waals surface area contributed by atoms with Gasteiger partial charge in [0.05, 0.1) is 13.2 Å². The number of methoxy groups -OCH3 is 1. The van der Waals surface area contributed by atoms with Crippen LogP contribution in [-0.4, -0.2) is 12.6 Å². The molecule has 0 saturated carbocycles. The molecule has 0 radical (unpaired) electrons. The number of fused-ring (bicyclic) bond motifs is 1. The Morgan fingerprint density at radius 2 is 1.95 bits per heavy atom. The zero-order chi connectivity index (χ0) is 14.7. The number of aryl methyl sites for hydroxylation is 1. The Balaban J connectivity index is 1.89. The minimum atomic E-state index is -0.541. The van der Waals surface area contributed by atoms with E-state index in [0.717, 1.165) is 24.3 Å². The average molecular weight is 278 g/mol. The number of nitriles is 1. The van der Waals surface area contributed by atoms with Gasteiger partial charge in [0.15, 0.2) is 0 Å². The lowest BCUT2D eigenvalue weighted by Crippen LogP contribution is -2.42. The highest BCUT2D eigenvalue weighted by atomic mass is 16.5. The molecule has 0 heterocycles. The van der Waals surface area contributed by atoms with Gasteiger partial charge in [-0.1, -0.05) is 24.3 Å². The molecule has 1 aliphatic carbocycles. The van der Waals surface area contributed by atoms with E-state index in [1.54, 1.807) is 7.11 Å². The van der Waals surface area contributed by atoms with E-state index < -0.39 is 5.54 Å². The minimum absolute atomic E-state index is 0.541. The maximum atomic E-state index is 9.71. The van der Waals surface area contributed by atoms with Gasteiger partial charge in [-0.05, 0) is 48.2 Å². The molecule has 3 rings (SSSR count). The van der Waals surface area contributed by atoms with Gasteiger partial charge >= 0.3 is 0 Å². The molecule has 21 heavy (non-hydrogen) atoms. The molecule has 2 aromatic rings. The lowest BCUT2D eigenvalue weighted by molar-refractivity contribution is 0.412. The Morgan fingerprint density at radius 3 is 2.67 bits per heavy atom. The van der Waals surface area contributed by atoms with E-state index in [0.29, 0.717) is 6.42 Å². The SMILES string of the molecule is COc1ccc2c(c1)CC(C#N)(Nc1ccccc1)CC2. The second-order valence-electron chi connectivity index (χ2n) is 5.50. The molecule has 106 valence electrons. The fourth-order valence-corrected chi connectivity index (χ4v) is 2.93. The van der Waals surface area contributed by atoms with Gasteiger partial charge in [-0.25, -0.2) is 0 Å². The summed E-state index contributed by atoms with van der Waals surface area (Å²) in [4.78, 5) is 0. The molecular formula is C18H18N2O. The van der Waals surface area contributed by atoms with Crippen LogP contribution in [0.2, 0.25) is 0 Å². The molecule has 0 bridgehead atoms. The molecule has 2 aromatic carbocycles. The Hall–Kier alpha value is -2.47. The summed E-state index contributed by atoms with van der Waals surface area (Å²) >= 11 is 0. The first-order valence-corrected chi connectivity index (χ1v) is 7.15. The van der Waals surface area contributed by atoms with Gasteiger partial charge in [0.2, 0.25) is 0 Å². The Morgan fingerprint density at radius 1 is 1.14 bits per heavy atom. The number of benzene rings is 2. The van der Waals surface area contributed by atoms with Crippen LogP contribution in [0.4, 0.5) is 5.69 Å². The molecule has 0 saturated heterocycles. The van der Waals surface area contributed by atoms with Crippen molar-refractivity contribution in [1.29, 1.82) is 5.26 Å². The van der Waals surface area contributed by atoms with E-state index in [2.05, 4.69) is 17.5 Å². The van der Waals surface area contributed by atoms with E-state index in [1.807, 2.05) is 42.5 Å². The van der Waals surface area contributed by atoms with E-state index in [1.165, 1.54) is 11.1 Å². The van der Waals surface area contributed by atoms with Crippen molar-refractivity contribution in [3.63, 3.8) is 0 Å². The number of ether oxygens (including phenoxy) is 1. The van der Waals surface area contributed by atoms with Crippen LogP contribution in [0.1, 0.15) is 17.5 Å². The third-order valence-corrected chi connectivity index (χ3v) is 4.10. The Bertz CT molecular complexity index is 675. The van der Waals surface area contributed by atoms with Crippen molar-refractivity contribution in [1.82, 2.24) is 0 Å². The first kappa shape index (κ1) is 13.5. The third-order valence-electron chi connectivity index (χ3n) is 4.10. The molecule has 0 aliphatic heterocycles. The summed E-state index contributed by atoms with van der Waals surface area (Å²) in [6, 6.07) is 18.6. The van der Waals surface area contributed by atoms with Crippen LogP contribution in [0.5, 0.6) is 5.75 Å². The summed E-state index contributed by atoms with van der Waals surface area (Å²) in [6.07, 6.45) is 2.43. The molecule has 0 aromatic heterocycles. The van der Waals surface area contributed by atoms with Gasteiger partial charge in [0, 0.05) is 12.1 Å². The van der Waals surface area contributed by atoms with Crippen molar-refractivity contribution in [3.8, 4) is 11.8 Å². The minimum Gasteiger partial charge on any atom is -0.497 e. The largest absolute Gasteiger partial charge is 0.497 e. The second kappa shape index (κ2) is 5.49. The lowest BCUT2D eigenvalue weighted by Gasteiger charge is -2.34. The highest BCUT2D eigenvalue weighted by Crippen LogP contribution is 2.33. The molecule has 3 nitrogen and oxygen atoms in total. The summed E-state index contributed by atoms with van der Waals surface area (Å²) in [6.45, 7) is 0. The zero-order valence-corrected chi connectivity index (χ0v) is 12.1. The predicted octanol–water partition coefficient (Wildman–Crippen LogP) is 3.56. The van der Waals surface area contributed by atoms with Crippen LogP contribution in [0, 0.1) is 11.3 Å². The number of nitrogens with zero attached hydrogens (tertiary/aromatic N) is 1. The fourth-order valence-electron chi connectivity index (χ4n) is 2.93. The maximum absolute atomic E-state index is 9.71. The van der Waals surface area contributed by atoms with Crippen LogP contribution in [0.15, 0.2) is 48.5 Å². The van der Waals surface area contributed by atoms with Crippen LogP contribution in [0.25, 0.3) is 0 Å². The summed E-state index contributed by atoms with van der Waals surface area (Å²) in [5, 5.41) is 13.1. The van der Waals surface area contributed by atoms with E-state index in [-0.39, 0.29) is 0 Å². The average Bonchev–Trinajstić information content (AvgIpc) is 2.55. The van der Waals surface area contributed by atoms with Crippen molar-refractivity contribution in [2.75, 3.05) is 12.4 Å². The second-order valence-corrected chi connectivity index (χ2v) is 5.50. The topological polar surface area (TPSA) is 45.0 Å². The van der Waals surface area contributed by atoms with E-state index in [9.17, 15) is 5.26 Å². The van der Waals surface area contributed by atoms with Crippen molar-refractivity contribution >= 4 is 5.69 Å². The number of hydrogen-bond donors (Lipinski definition) is 1. The predicted molar refractivity (Wildman–Crippen MR) is 83.4 cm³/mol. The summed E-state index contributed by atoms with van der Waals surface area (Å²) in [7, 11) is 1.67. The van der Waals surface area contributed by atoms with Crippen molar-refractivity contribution in [2.24, 2.45) is 0 Å². The first-order valence-electron chi connectivity index (χ1n) is 7.15. The normalized spacial score (nSPS) is 20.2. The van der Waals surface area contributed by atoms with Gasteiger partial charge < -0.3 is 10.1 Å². The van der Waals surface area contributed by atoms with Gasteiger partial charge in [0.25, 0.3) is 0 Å². The molecule has 0 spiro atoms. The Labute approximate surface area is 125 Å². The van der Waals surface area contributed by atoms with Crippen LogP contribution in [0.3, 0.4) is 0 Å². The zero-order valence-electron chi connectivity index (χ0n) is 12.1. The number of hydrogen-bond acceptors (Lipinski definition) is 3. The maximum Gasteiger partial charge on any atom is 0.129 e. The van der Waals surface area contributed by atoms with Crippen LogP contribution in [-0.2, 0) is 12.8 Å². The van der Waals surface area contributed by atoms with Gasteiger partial charge in [0.1, 0.15) is 11.3 Å². The lowest BCUT2D eigenvalue weighted by atomic mass is 9.78. The smallest absolute Gasteiger partial charge is 0.129 e. The van der Waals surface area contributed by atoms with Crippen molar-refractivity contribution in [3.05, 3.63) is 59.7 Å². The van der Waals surface area contributed by atoms with Crippen molar-refractivity contribution in [2.45, 2.75) is 24.8 Å². The highest BCUT2D eigenvalue weighted by molar-refractivity contribution is 5.50. The molecule has 0 fully saturated rings. The molecule has 0 amide bonds. The molecular weight excluding hydrogens is 260 g/mol. The van der Waals surface area contributed by atoms with Gasteiger partial charge in [-0.2, -0.15) is 5.26 Å².